The number of hydrogen-bond acceptors (Lipinski definition) is 5. The highest BCUT2D eigenvalue weighted by Gasteiger charge is 2.13. The van der Waals surface area contributed by atoms with Crippen LogP contribution in [-0.4, -0.2) is 63.2 Å². The van der Waals surface area contributed by atoms with Crippen LogP contribution in [0.2, 0.25) is 0 Å². The maximum atomic E-state index is 13.9. The van der Waals surface area contributed by atoms with E-state index in [1.165, 1.54) is 18.2 Å². The molecule has 1 aliphatic rings. The van der Waals surface area contributed by atoms with E-state index in [1.54, 1.807) is 7.05 Å². The SMILES string of the molecule is CNCCC(=O)Nc1ccc(F)c(NC(=O)CCN2CCOCC2)c1.Cl.Cl. The number of carbonyl (C=O) groups is 2. The Morgan fingerprint density at radius 3 is 2.44 bits per heavy atom. The second kappa shape index (κ2) is 13.7. The fourth-order valence-corrected chi connectivity index (χ4v) is 2.46. The average Bonchev–Trinajstić information content (AvgIpc) is 2.62. The molecule has 0 unspecified atom stereocenters. The second-order valence-electron chi connectivity index (χ2n) is 5.85. The first-order chi connectivity index (χ1) is 12.1. The van der Waals surface area contributed by atoms with Crippen molar-refractivity contribution in [3.05, 3.63) is 24.0 Å². The highest BCUT2D eigenvalue weighted by molar-refractivity contribution is 5.94. The number of carbonyl (C=O) groups excluding carboxylic acids is 2. The van der Waals surface area contributed by atoms with Gasteiger partial charge in [-0.1, -0.05) is 0 Å². The van der Waals surface area contributed by atoms with Crippen molar-refractivity contribution in [2.75, 3.05) is 57.1 Å². The number of morpholine rings is 1. The molecule has 1 aromatic rings. The summed E-state index contributed by atoms with van der Waals surface area (Å²) in [6, 6.07) is 4.13. The third kappa shape index (κ3) is 9.34. The lowest BCUT2D eigenvalue weighted by molar-refractivity contribution is -0.117. The van der Waals surface area contributed by atoms with Gasteiger partial charge in [0.25, 0.3) is 0 Å². The molecule has 1 aromatic carbocycles. The van der Waals surface area contributed by atoms with Crippen molar-refractivity contribution in [2.45, 2.75) is 12.8 Å². The Kier molecular flexibility index (Phi) is 12.9. The van der Waals surface area contributed by atoms with E-state index >= 15 is 0 Å². The minimum absolute atomic E-state index is 0. The molecule has 2 rings (SSSR count). The summed E-state index contributed by atoms with van der Waals surface area (Å²) in [7, 11) is 1.76. The molecule has 1 heterocycles. The molecule has 1 aliphatic heterocycles. The number of halogens is 3. The molecule has 27 heavy (non-hydrogen) atoms. The molecule has 2 amide bonds. The van der Waals surface area contributed by atoms with E-state index in [0.29, 0.717) is 38.4 Å². The van der Waals surface area contributed by atoms with Crippen molar-refractivity contribution in [1.82, 2.24) is 10.2 Å². The lowest BCUT2D eigenvalue weighted by Gasteiger charge is -2.26. The van der Waals surface area contributed by atoms with Crippen LogP contribution in [0.3, 0.4) is 0 Å². The van der Waals surface area contributed by atoms with Gasteiger partial charge in [0, 0.05) is 44.7 Å². The summed E-state index contributed by atoms with van der Waals surface area (Å²) in [5.74, 6) is -0.970. The average molecular weight is 425 g/mol. The minimum atomic E-state index is -0.534. The molecule has 0 aliphatic carbocycles. The van der Waals surface area contributed by atoms with Crippen molar-refractivity contribution >= 4 is 48.0 Å². The third-order valence-electron chi connectivity index (χ3n) is 3.89. The molecule has 0 atom stereocenters. The zero-order chi connectivity index (χ0) is 18.1. The van der Waals surface area contributed by atoms with Crippen LogP contribution in [0.1, 0.15) is 12.8 Å². The lowest BCUT2D eigenvalue weighted by atomic mass is 10.2. The highest BCUT2D eigenvalue weighted by Crippen LogP contribution is 2.20. The zero-order valence-corrected chi connectivity index (χ0v) is 16.9. The summed E-state index contributed by atoms with van der Waals surface area (Å²) in [6.45, 7) is 4.11. The monoisotopic (exact) mass is 424 g/mol. The molecule has 1 fully saturated rings. The van der Waals surface area contributed by atoms with E-state index in [4.69, 9.17) is 4.74 Å². The van der Waals surface area contributed by atoms with Crippen LogP contribution in [0.4, 0.5) is 15.8 Å². The Balaban J connectivity index is 0.00000338. The predicted octanol–water partition coefficient (Wildman–Crippen LogP) is 1.88. The van der Waals surface area contributed by atoms with Crippen molar-refractivity contribution in [1.29, 1.82) is 0 Å². The molecule has 0 aromatic heterocycles. The van der Waals surface area contributed by atoms with Gasteiger partial charge in [0.1, 0.15) is 5.82 Å². The molecule has 0 saturated carbocycles. The molecule has 154 valence electrons. The number of amides is 2. The molecule has 1 saturated heterocycles. The number of rotatable bonds is 8. The fourth-order valence-electron chi connectivity index (χ4n) is 2.46. The highest BCUT2D eigenvalue weighted by atomic mass is 35.5. The van der Waals surface area contributed by atoms with Gasteiger partial charge in [-0.05, 0) is 25.2 Å². The molecule has 7 nitrogen and oxygen atoms in total. The Morgan fingerprint density at radius 1 is 1.11 bits per heavy atom. The van der Waals surface area contributed by atoms with Crippen molar-refractivity contribution < 1.29 is 18.7 Å². The Morgan fingerprint density at radius 2 is 1.78 bits per heavy atom. The molecular formula is C17H27Cl2FN4O3. The Labute approximate surface area is 171 Å². The first kappa shape index (κ1) is 25.6. The maximum Gasteiger partial charge on any atom is 0.225 e. The van der Waals surface area contributed by atoms with Crippen LogP contribution >= 0.6 is 24.8 Å². The normalized spacial score (nSPS) is 13.9. The summed E-state index contributed by atoms with van der Waals surface area (Å²) in [6.07, 6.45) is 0.591. The van der Waals surface area contributed by atoms with Crippen molar-refractivity contribution in [2.24, 2.45) is 0 Å². The van der Waals surface area contributed by atoms with Gasteiger partial charge in [-0.3, -0.25) is 14.5 Å². The van der Waals surface area contributed by atoms with E-state index in [2.05, 4.69) is 20.9 Å². The first-order valence-corrected chi connectivity index (χ1v) is 8.42. The second-order valence-corrected chi connectivity index (χ2v) is 5.85. The number of ether oxygens (including phenoxy) is 1. The fraction of sp³-hybridized carbons (Fsp3) is 0.529. The maximum absolute atomic E-state index is 13.9. The van der Waals surface area contributed by atoms with Gasteiger partial charge < -0.3 is 20.7 Å². The van der Waals surface area contributed by atoms with Gasteiger partial charge in [0.05, 0.1) is 18.9 Å². The molecule has 0 spiro atoms. The van der Waals surface area contributed by atoms with E-state index in [0.717, 1.165) is 13.1 Å². The molecular weight excluding hydrogens is 398 g/mol. The van der Waals surface area contributed by atoms with E-state index < -0.39 is 5.82 Å². The van der Waals surface area contributed by atoms with Crippen molar-refractivity contribution in [3.8, 4) is 0 Å². The van der Waals surface area contributed by atoms with Crippen molar-refractivity contribution in [3.63, 3.8) is 0 Å². The van der Waals surface area contributed by atoms with E-state index in [1.807, 2.05) is 0 Å². The molecule has 10 heteroatoms. The summed E-state index contributed by atoms with van der Waals surface area (Å²) >= 11 is 0. The van der Waals surface area contributed by atoms with Gasteiger partial charge in [0.2, 0.25) is 11.8 Å². The topological polar surface area (TPSA) is 82.7 Å². The number of benzene rings is 1. The lowest BCUT2D eigenvalue weighted by Crippen LogP contribution is -2.38. The zero-order valence-electron chi connectivity index (χ0n) is 15.3. The van der Waals surface area contributed by atoms with Crippen LogP contribution in [0, 0.1) is 5.82 Å². The Hall–Kier alpha value is -1.45. The predicted molar refractivity (Wildman–Crippen MR) is 109 cm³/mol. The van der Waals surface area contributed by atoms with Crippen LogP contribution < -0.4 is 16.0 Å². The van der Waals surface area contributed by atoms with Crippen LogP contribution in [0.25, 0.3) is 0 Å². The summed E-state index contributed by atoms with van der Waals surface area (Å²) in [4.78, 5) is 25.9. The minimum Gasteiger partial charge on any atom is -0.379 e. The first-order valence-electron chi connectivity index (χ1n) is 8.42. The van der Waals surface area contributed by atoms with Gasteiger partial charge in [0.15, 0.2) is 0 Å². The summed E-state index contributed by atoms with van der Waals surface area (Å²) in [5.41, 5.74) is 0.518. The van der Waals surface area contributed by atoms with Gasteiger partial charge in [-0.2, -0.15) is 0 Å². The molecule has 0 radical (unpaired) electrons. The smallest absolute Gasteiger partial charge is 0.225 e. The molecule has 0 bridgehead atoms. The van der Waals surface area contributed by atoms with Gasteiger partial charge >= 0.3 is 0 Å². The third-order valence-corrected chi connectivity index (χ3v) is 3.89. The number of nitrogens with one attached hydrogen (secondary N) is 3. The molecule has 3 N–H and O–H groups in total. The van der Waals surface area contributed by atoms with Crippen LogP contribution in [0.15, 0.2) is 18.2 Å². The van der Waals surface area contributed by atoms with Gasteiger partial charge in [-0.15, -0.1) is 24.8 Å². The summed E-state index contributed by atoms with van der Waals surface area (Å²) < 4.78 is 19.2. The number of hydrogen-bond donors (Lipinski definition) is 3. The quantitative estimate of drug-likeness (QED) is 0.593. The number of anilines is 2. The van der Waals surface area contributed by atoms with Gasteiger partial charge in [-0.25, -0.2) is 4.39 Å². The number of nitrogens with zero attached hydrogens (tertiary/aromatic N) is 1. The van der Waals surface area contributed by atoms with E-state index in [-0.39, 0.29) is 48.7 Å². The largest absolute Gasteiger partial charge is 0.379 e. The van der Waals surface area contributed by atoms with Crippen LogP contribution in [-0.2, 0) is 14.3 Å². The Bertz CT molecular complexity index is 602. The standard InChI is InChI=1S/C17H25FN4O3.2ClH/c1-19-6-4-16(23)20-13-2-3-14(18)15(12-13)21-17(24)5-7-22-8-10-25-11-9-22;;/h2-3,12,19H,4-11H2,1H3,(H,20,23)(H,21,24);2*1H. The summed E-state index contributed by atoms with van der Waals surface area (Å²) in [5, 5.41) is 8.14. The van der Waals surface area contributed by atoms with E-state index in [9.17, 15) is 14.0 Å². The van der Waals surface area contributed by atoms with Crippen LogP contribution in [0.5, 0.6) is 0 Å².